The Morgan fingerprint density at radius 3 is 2.30 bits per heavy atom. The summed E-state index contributed by atoms with van der Waals surface area (Å²) in [4.78, 5) is 24.2. The van der Waals surface area contributed by atoms with Crippen molar-refractivity contribution in [2.45, 2.75) is 38.1 Å². The Bertz CT molecular complexity index is 948. The van der Waals surface area contributed by atoms with Crippen LogP contribution in [0.2, 0.25) is 0 Å². The second kappa shape index (κ2) is 9.05. The first-order chi connectivity index (χ1) is 12.8. The van der Waals surface area contributed by atoms with Gasteiger partial charge in [0.05, 0.1) is 4.90 Å². The van der Waals surface area contributed by atoms with E-state index in [1.807, 2.05) is 0 Å². The van der Waals surface area contributed by atoms with E-state index in [1.165, 1.54) is 51.5 Å². The maximum atomic E-state index is 12.9. The van der Waals surface area contributed by atoms with Gasteiger partial charge in [-0.25, -0.2) is 12.8 Å². The third-order valence-corrected chi connectivity index (χ3v) is 6.30. The number of aromatic nitrogens is 1. The molecule has 0 spiro atoms. The van der Waals surface area contributed by atoms with Gasteiger partial charge in [0.15, 0.2) is 5.78 Å². The van der Waals surface area contributed by atoms with Crippen LogP contribution in [0, 0.1) is 5.82 Å². The smallest absolute Gasteiger partial charge is 0.250 e. The summed E-state index contributed by atoms with van der Waals surface area (Å²) in [5.41, 5.74) is 0.0735. The Kier molecular flexibility index (Phi) is 7.04. The van der Waals surface area contributed by atoms with Crippen LogP contribution in [0.25, 0.3) is 0 Å². The number of hydrogen-bond donors (Lipinski definition) is 0. The Morgan fingerprint density at radius 2 is 1.70 bits per heavy atom. The minimum Gasteiger partial charge on any atom is -0.314 e. The minimum absolute atomic E-state index is 0.0515. The van der Waals surface area contributed by atoms with Gasteiger partial charge in [-0.15, -0.1) is 0 Å². The lowest BCUT2D eigenvalue weighted by atomic mass is 10.1. The summed E-state index contributed by atoms with van der Waals surface area (Å²) in [5.74, 6) is -0.570. The fraction of sp³-hybridized carbons (Fsp3) is 0.368. The van der Waals surface area contributed by atoms with Crippen molar-refractivity contribution < 1.29 is 17.6 Å². The lowest BCUT2D eigenvalue weighted by Crippen LogP contribution is -2.32. The van der Waals surface area contributed by atoms with Crippen molar-refractivity contribution in [1.82, 2.24) is 8.87 Å². The molecule has 0 saturated heterocycles. The third kappa shape index (κ3) is 5.11. The summed E-state index contributed by atoms with van der Waals surface area (Å²) >= 11 is 0. The van der Waals surface area contributed by atoms with Crippen LogP contribution >= 0.6 is 0 Å². The average Bonchev–Trinajstić information content (AvgIpc) is 2.64. The molecule has 27 heavy (non-hydrogen) atoms. The van der Waals surface area contributed by atoms with Crippen molar-refractivity contribution in [3.63, 3.8) is 0 Å². The molecule has 6 nitrogen and oxygen atoms in total. The fourth-order valence-corrected chi connectivity index (χ4v) is 4.22. The van der Waals surface area contributed by atoms with Gasteiger partial charge in [0.25, 0.3) is 5.56 Å². The van der Waals surface area contributed by atoms with E-state index < -0.39 is 15.8 Å². The fourth-order valence-electron chi connectivity index (χ4n) is 2.74. The molecule has 0 N–H and O–H groups in total. The molecule has 0 aliphatic rings. The van der Waals surface area contributed by atoms with Gasteiger partial charge in [-0.1, -0.05) is 13.8 Å². The first-order valence-electron chi connectivity index (χ1n) is 8.79. The molecule has 2 aromatic rings. The maximum Gasteiger partial charge on any atom is 0.250 e. The van der Waals surface area contributed by atoms with Gasteiger partial charge in [-0.3, -0.25) is 9.59 Å². The van der Waals surface area contributed by atoms with Crippen LogP contribution in [-0.2, 0) is 16.6 Å². The number of benzene rings is 1. The van der Waals surface area contributed by atoms with E-state index in [9.17, 15) is 22.4 Å². The van der Waals surface area contributed by atoms with Crippen LogP contribution in [0.4, 0.5) is 4.39 Å². The summed E-state index contributed by atoms with van der Waals surface area (Å²) in [6.07, 6.45) is 1.86. The third-order valence-electron chi connectivity index (χ3n) is 4.27. The molecule has 0 aliphatic carbocycles. The summed E-state index contributed by atoms with van der Waals surface area (Å²) < 4.78 is 40.7. The van der Waals surface area contributed by atoms with Crippen molar-refractivity contribution >= 4 is 15.8 Å². The molecular formula is C19H23FN2O4S. The SMILES string of the molecule is CCN(CC)S(=O)(=O)c1ccc(=O)n(CCCC(=O)c2ccc(F)cc2)c1. The van der Waals surface area contributed by atoms with E-state index in [2.05, 4.69) is 0 Å². The first kappa shape index (κ1) is 21.0. The van der Waals surface area contributed by atoms with Gasteiger partial charge in [0.1, 0.15) is 5.82 Å². The van der Waals surface area contributed by atoms with Gasteiger partial charge in [0, 0.05) is 43.9 Å². The maximum absolute atomic E-state index is 12.9. The molecule has 8 heteroatoms. The Balaban J connectivity index is 2.10. The molecule has 0 amide bonds. The van der Waals surface area contributed by atoms with Gasteiger partial charge in [-0.2, -0.15) is 4.31 Å². The Morgan fingerprint density at radius 1 is 1.07 bits per heavy atom. The minimum atomic E-state index is -3.66. The zero-order valence-corrected chi connectivity index (χ0v) is 16.2. The molecule has 2 rings (SSSR count). The van der Waals surface area contributed by atoms with Crippen molar-refractivity contribution in [3.05, 3.63) is 64.3 Å². The summed E-state index contributed by atoms with van der Waals surface area (Å²) in [5, 5.41) is 0. The van der Waals surface area contributed by atoms with E-state index in [0.29, 0.717) is 25.1 Å². The normalized spacial score (nSPS) is 11.7. The number of carbonyl (C=O) groups excluding carboxylic acids is 1. The molecule has 0 radical (unpaired) electrons. The van der Waals surface area contributed by atoms with Crippen LogP contribution < -0.4 is 5.56 Å². The highest BCUT2D eigenvalue weighted by Crippen LogP contribution is 2.14. The van der Waals surface area contributed by atoms with E-state index in [4.69, 9.17) is 0 Å². The van der Waals surface area contributed by atoms with Gasteiger partial charge in [-0.05, 0) is 36.8 Å². The molecule has 1 heterocycles. The molecule has 146 valence electrons. The second-order valence-corrected chi connectivity index (χ2v) is 7.96. The van der Waals surface area contributed by atoms with E-state index in [0.717, 1.165) is 0 Å². The van der Waals surface area contributed by atoms with Crippen molar-refractivity contribution in [2.75, 3.05) is 13.1 Å². The number of rotatable bonds is 9. The topological polar surface area (TPSA) is 76.5 Å². The summed E-state index contributed by atoms with van der Waals surface area (Å²) in [6, 6.07) is 7.80. The van der Waals surface area contributed by atoms with Crippen molar-refractivity contribution in [3.8, 4) is 0 Å². The number of aryl methyl sites for hydroxylation is 1. The predicted molar refractivity (Wildman–Crippen MR) is 101 cm³/mol. The predicted octanol–water partition coefficient (Wildman–Crippen LogP) is 2.68. The zero-order valence-electron chi connectivity index (χ0n) is 15.4. The molecule has 0 bridgehead atoms. The molecule has 0 unspecified atom stereocenters. The molecule has 0 aliphatic heterocycles. The largest absolute Gasteiger partial charge is 0.314 e. The van der Waals surface area contributed by atoms with Crippen LogP contribution in [0.15, 0.2) is 52.3 Å². The first-order valence-corrected chi connectivity index (χ1v) is 10.2. The highest BCUT2D eigenvalue weighted by atomic mass is 32.2. The van der Waals surface area contributed by atoms with Crippen LogP contribution in [0.3, 0.4) is 0 Å². The van der Waals surface area contributed by atoms with E-state index in [-0.39, 0.29) is 29.2 Å². The van der Waals surface area contributed by atoms with E-state index >= 15 is 0 Å². The lowest BCUT2D eigenvalue weighted by Gasteiger charge is -2.19. The van der Waals surface area contributed by atoms with Crippen LogP contribution in [0.5, 0.6) is 0 Å². The summed E-state index contributed by atoms with van der Waals surface area (Å²) in [7, 11) is -3.66. The van der Waals surface area contributed by atoms with Gasteiger partial charge >= 0.3 is 0 Å². The molecule has 0 fully saturated rings. The number of ketones is 1. The number of pyridine rings is 1. The van der Waals surface area contributed by atoms with E-state index in [1.54, 1.807) is 13.8 Å². The highest BCUT2D eigenvalue weighted by molar-refractivity contribution is 7.89. The monoisotopic (exact) mass is 394 g/mol. The number of Topliss-reactive ketones (excluding diaryl/α,β-unsaturated/α-hetero) is 1. The second-order valence-electron chi connectivity index (χ2n) is 6.02. The standard InChI is InChI=1S/C19H23FN2O4S/c1-3-22(4-2)27(25,26)17-11-12-19(24)21(14-17)13-5-6-18(23)15-7-9-16(20)10-8-15/h7-12,14H,3-6,13H2,1-2H3. The molecule has 1 aromatic carbocycles. The molecule has 0 atom stereocenters. The number of nitrogens with zero attached hydrogens (tertiary/aromatic N) is 2. The van der Waals surface area contributed by atoms with Crippen molar-refractivity contribution in [1.29, 1.82) is 0 Å². The molecular weight excluding hydrogens is 371 g/mol. The number of sulfonamides is 1. The van der Waals surface area contributed by atoms with Gasteiger partial charge < -0.3 is 4.57 Å². The van der Waals surface area contributed by atoms with Crippen LogP contribution in [-0.4, -0.2) is 36.2 Å². The van der Waals surface area contributed by atoms with Gasteiger partial charge in [0.2, 0.25) is 10.0 Å². The van der Waals surface area contributed by atoms with Crippen molar-refractivity contribution in [2.24, 2.45) is 0 Å². The lowest BCUT2D eigenvalue weighted by molar-refractivity contribution is 0.0978. The van der Waals surface area contributed by atoms with Crippen LogP contribution in [0.1, 0.15) is 37.0 Å². The molecule has 1 aromatic heterocycles. The number of hydrogen-bond acceptors (Lipinski definition) is 4. The number of halogens is 1. The number of carbonyl (C=O) groups is 1. The zero-order chi connectivity index (χ0) is 20.0. The Labute approximate surface area is 158 Å². The molecule has 0 saturated carbocycles. The highest BCUT2D eigenvalue weighted by Gasteiger charge is 2.22. The average molecular weight is 394 g/mol. The quantitative estimate of drug-likeness (QED) is 0.613. The Hall–Kier alpha value is -2.32. The summed E-state index contributed by atoms with van der Waals surface area (Å²) in [6.45, 7) is 4.39.